The summed E-state index contributed by atoms with van der Waals surface area (Å²) in [5.41, 5.74) is -2.47. The van der Waals surface area contributed by atoms with Gasteiger partial charge in [0.15, 0.2) is 0 Å². The molecule has 0 heterocycles. The normalized spacial score (nSPS) is 11.2. The standard InChI is InChI=1S/C12H13F3N2O4/c1-2-5-16(7-11(18)19)8-3-4-10(17(20)21)9(6-8)12(13,14)15/h3-4,6H,2,5,7H2,1H3,(H,18,19). The van der Waals surface area contributed by atoms with E-state index < -0.39 is 34.9 Å². The Morgan fingerprint density at radius 1 is 1.43 bits per heavy atom. The molecule has 0 aliphatic carbocycles. The number of carbonyl (C=O) groups is 1. The monoisotopic (exact) mass is 306 g/mol. The van der Waals surface area contributed by atoms with E-state index in [0.717, 1.165) is 12.1 Å². The summed E-state index contributed by atoms with van der Waals surface area (Å²) < 4.78 is 38.6. The Balaban J connectivity index is 3.31. The third-order valence-corrected chi connectivity index (χ3v) is 2.67. The van der Waals surface area contributed by atoms with Crippen LogP contribution in [0.4, 0.5) is 24.5 Å². The molecule has 116 valence electrons. The van der Waals surface area contributed by atoms with Gasteiger partial charge in [0.25, 0.3) is 5.69 Å². The van der Waals surface area contributed by atoms with Crippen molar-refractivity contribution in [3.63, 3.8) is 0 Å². The van der Waals surface area contributed by atoms with Crippen molar-refractivity contribution in [3.05, 3.63) is 33.9 Å². The Morgan fingerprint density at radius 3 is 2.48 bits per heavy atom. The number of alkyl halides is 3. The Hall–Kier alpha value is -2.32. The maximum atomic E-state index is 12.9. The third kappa shape index (κ3) is 4.33. The predicted octanol–water partition coefficient (Wildman–Crippen LogP) is 2.91. The van der Waals surface area contributed by atoms with Crippen molar-refractivity contribution < 1.29 is 28.0 Å². The molecule has 1 aromatic carbocycles. The van der Waals surface area contributed by atoms with E-state index in [2.05, 4.69) is 0 Å². The van der Waals surface area contributed by atoms with Gasteiger partial charge in [-0.2, -0.15) is 13.2 Å². The molecule has 0 aromatic heterocycles. The number of anilines is 1. The first-order valence-corrected chi connectivity index (χ1v) is 5.99. The maximum absolute atomic E-state index is 12.9. The molecule has 0 spiro atoms. The van der Waals surface area contributed by atoms with Crippen molar-refractivity contribution in [2.24, 2.45) is 0 Å². The zero-order valence-electron chi connectivity index (χ0n) is 11.1. The Kier molecular flexibility index (Phi) is 5.12. The molecule has 0 radical (unpaired) electrons. The topological polar surface area (TPSA) is 83.7 Å². The zero-order chi connectivity index (χ0) is 16.2. The van der Waals surface area contributed by atoms with Gasteiger partial charge in [0, 0.05) is 18.3 Å². The molecule has 0 aliphatic rings. The second kappa shape index (κ2) is 6.42. The fourth-order valence-electron chi connectivity index (χ4n) is 1.84. The summed E-state index contributed by atoms with van der Waals surface area (Å²) in [5.74, 6) is -1.20. The van der Waals surface area contributed by atoms with Gasteiger partial charge in [-0.05, 0) is 18.6 Å². The maximum Gasteiger partial charge on any atom is 0.423 e. The zero-order valence-corrected chi connectivity index (χ0v) is 11.1. The summed E-state index contributed by atoms with van der Waals surface area (Å²) in [7, 11) is 0. The van der Waals surface area contributed by atoms with Crippen LogP contribution < -0.4 is 4.90 Å². The predicted molar refractivity (Wildman–Crippen MR) is 68.2 cm³/mol. The molecular formula is C12H13F3N2O4. The highest BCUT2D eigenvalue weighted by molar-refractivity contribution is 5.74. The molecule has 0 aliphatic heterocycles. The van der Waals surface area contributed by atoms with Gasteiger partial charge in [-0.1, -0.05) is 6.92 Å². The van der Waals surface area contributed by atoms with Crippen LogP contribution in [0.5, 0.6) is 0 Å². The highest BCUT2D eigenvalue weighted by Crippen LogP contribution is 2.38. The van der Waals surface area contributed by atoms with Crippen molar-refractivity contribution in [1.29, 1.82) is 0 Å². The van der Waals surface area contributed by atoms with Crippen LogP contribution in [0.25, 0.3) is 0 Å². The highest BCUT2D eigenvalue weighted by atomic mass is 19.4. The lowest BCUT2D eigenvalue weighted by Gasteiger charge is -2.23. The largest absolute Gasteiger partial charge is 0.480 e. The first-order chi connectivity index (χ1) is 9.66. The number of nitro groups is 1. The molecule has 1 rings (SSSR count). The van der Waals surface area contributed by atoms with Crippen molar-refractivity contribution >= 4 is 17.3 Å². The number of carboxylic acids is 1. The molecule has 0 saturated carbocycles. The minimum Gasteiger partial charge on any atom is -0.480 e. The minimum absolute atomic E-state index is 0.0165. The summed E-state index contributed by atoms with van der Waals surface area (Å²) in [6.45, 7) is 1.48. The summed E-state index contributed by atoms with van der Waals surface area (Å²) in [5, 5.41) is 19.4. The van der Waals surface area contributed by atoms with E-state index in [0.29, 0.717) is 12.5 Å². The van der Waals surface area contributed by atoms with Gasteiger partial charge >= 0.3 is 12.1 Å². The fourth-order valence-corrected chi connectivity index (χ4v) is 1.84. The molecule has 21 heavy (non-hydrogen) atoms. The van der Waals surface area contributed by atoms with E-state index in [4.69, 9.17) is 5.11 Å². The van der Waals surface area contributed by atoms with E-state index in [1.165, 1.54) is 4.90 Å². The van der Waals surface area contributed by atoms with Crippen LogP contribution in [0.1, 0.15) is 18.9 Å². The van der Waals surface area contributed by atoms with Gasteiger partial charge in [-0.3, -0.25) is 14.9 Å². The van der Waals surface area contributed by atoms with Crippen molar-refractivity contribution in [2.75, 3.05) is 18.0 Å². The van der Waals surface area contributed by atoms with Crippen LogP contribution in [-0.4, -0.2) is 29.1 Å². The molecule has 0 atom stereocenters. The molecule has 0 fully saturated rings. The lowest BCUT2D eigenvalue weighted by Crippen LogP contribution is -2.30. The van der Waals surface area contributed by atoms with Crippen molar-refractivity contribution in [1.82, 2.24) is 0 Å². The molecule has 0 unspecified atom stereocenters. The number of hydrogen-bond donors (Lipinski definition) is 1. The minimum atomic E-state index is -4.89. The van der Waals surface area contributed by atoms with Crippen LogP contribution >= 0.6 is 0 Å². The summed E-state index contributed by atoms with van der Waals surface area (Å²) >= 11 is 0. The van der Waals surface area contributed by atoms with Gasteiger partial charge in [-0.25, -0.2) is 0 Å². The van der Waals surface area contributed by atoms with Crippen LogP contribution in [0.3, 0.4) is 0 Å². The summed E-state index contributed by atoms with van der Waals surface area (Å²) in [6, 6.07) is 2.46. The van der Waals surface area contributed by atoms with E-state index in [1.54, 1.807) is 6.92 Å². The van der Waals surface area contributed by atoms with Gasteiger partial charge in [0.1, 0.15) is 12.1 Å². The molecule has 0 saturated heterocycles. The summed E-state index contributed by atoms with van der Waals surface area (Å²) in [6.07, 6.45) is -4.37. The number of aliphatic carboxylic acids is 1. The molecule has 6 nitrogen and oxygen atoms in total. The Bertz CT molecular complexity index is 546. The highest BCUT2D eigenvalue weighted by Gasteiger charge is 2.38. The van der Waals surface area contributed by atoms with E-state index in [-0.39, 0.29) is 12.2 Å². The van der Waals surface area contributed by atoms with Gasteiger partial charge in [-0.15, -0.1) is 0 Å². The van der Waals surface area contributed by atoms with Gasteiger partial charge < -0.3 is 10.0 Å². The number of nitrogens with zero attached hydrogens (tertiary/aromatic N) is 2. The molecule has 0 amide bonds. The van der Waals surface area contributed by atoms with Crippen LogP contribution in [-0.2, 0) is 11.0 Å². The van der Waals surface area contributed by atoms with Crippen molar-refractivity contribution in [2.45, 2.75) is 19.5 Å². The number of halogens is 3. The van der Waals surface area contributed by atoms with E-state index in [9.17, 15) is 28.1 Å². The van der Waals surface area contributed by atoms with Crippen LogP contribution in [0, 0.1) is 10.1 Å². The third-order valence-electron chi connectivity index (χ3n) is 2.67. The molecular weight excluding hydrogens is 293 g/mol. The van der Waals surface area contributed by atoms with E-state index in [1.807, 2.05) is 0 Å². The van der Waals surface area contributed by atoms with Crippen LogP contribution in [0.2, 0.25) is 0 Å². The number of rotatable bonds is 6. The SMILES string of the molecule is CCCN(CC(=O)O)c1ccc([N+](=O)[O-])c(C(F)(F)F)c1. The second-order valence-electron chi connectivity index (χ2n) is 4.27. The number of benzene rings is 1. The number of nitro benzene ring substituents is 1. The molecule has 0 bridgehead atoms. The van der Waals surface area contributed by atoms with Crippen molar-refractivity contribution in [3.8, 4) is 0 Å². The Labute approximate surface area is 117 Å². The first kappa shape index (κ1) is 16.7. The Morgan fingerprint density at radius 2 is 2.05 bits per heavy atom. The molecule has 1 N–H and O–H groups in total. The lowest BCUT2D eigenvalue weighted by molar-refractivity contribution is -0.388. The summed E-state index contributed by atoms with van der Waals surface area (Å²) in [4.78, 5) is 21.5. The first-order valence-electron chi connectivity index (χ1n) is 5.99. The van der Waals surface area contributed by atoms with Gasteiger partial charge in [0.05, 0.1) is 4.92 Å². The van der Waals surface area contributed by atoms with Crippen LogP contribution in [0.15, 0.2) is 18.2 Å². The molecule has 1 aromatic rings. The van der Waals surface area contributed by atoms with Gasteiger partial charge in [0.2, 0.25) is 0 Å². The quantitative estimate of drug-likeness (QED) is 0.645. The number of carboxylic acid groups (broad SMARTS) is 1. The molecule has 9 heteroatoms. The van der Waals surface area contributed by atoms with E-state index >= 15 is 0 Å². The second-order valence-corrected chi connectivity index (χ2v) is 4.27. The average Bonchev–Trinajstić information content (AvgIpc) is 2.36. The smallest absolute Gasteiger partial charge is 0.423 e. The number of hydrogen-bond acceptors (Lipinski definition) is 4. The fraction of sp³-hybridized carbons (Fsp3) is 0.417. The lowest BCUT2D eigenvalue weighted by atomic mass is 10.1. The average molecular weight is 306 g/mol.